The van der Waals surface area contributed by atoms with E-state index >= 15 is 0 Å². The summed E-state index contributed by atoms with van der Waals surface area (Å²) in [4.78, 5) is 11.8. The van der Waals surface area contributed by atoms with Crippen molar-refractivity contribution in [1.29, 1.82) is 0 Å². The molecule has 104 valence electrons. The number of hydrogen-bond donors (Lipinski definition) is 3. The summed E-state index contributed by atoms with van der Waals surface area (Å²) in [7, 11) is 0. The highest BCUT2D eigenvalue weighted by Crippen LogP contribution is 2.15. The summed E-state index contributed by atoms with van der Waals surface area (Å²) in [6.45, 7) is 2.05. The van der Waals surface area contributed by atoms with E-state index in [-0.39, 0.29) is 18.4 Å². The molecule has 0 aliphatic heterocycles. The molecule has 4 N–H and O–H groups in total. The molecule has 0 saturated heterocycles. The lowest BCUT2D eigenvalue weighted by molar-refractivity contribution is 0.262. The molecule has 20 heavy (non-hydrogen) atoms. The Bertz CT molecular complexity index is 611. The second kappa shape index (κ2) is 6.16. The number of carbonyl (C=O) groups excluding carboxylic acids is 1. The van der Waals surface area contributed by atoms with Crippen LogP contribution < -0.4 is 16.4 Å². The van der Waals surface area contributed by atoms with Crippen LogP contribution in [0.4, 0.5) is 20.6 Å². The van der Waals surface area contributed by atoms with Crippen LogP contribution >= 0.6 is 0 Å². The third kappa shape index (κ3) is 3.55. The molecule has 0 unspecified atom stereocenters. The zero-order chi connectivity index (χ0) is 14.5. The standard InChI is InChI=1S/C15H16FN3O/c1-10-2-4-12(5-3-10)18-15(20)19-13-6-7-14(16)11(8-13)9-17/h2-8H,9,17H2,1H3,(H2,18,19,20). The summed E-state index contributed by atoms with van der Waals surface area (Å²) in [6.07, 6.45) is 0. The summed E-state index contributed by atoms with van der Waals surface area (Å²) in [5.74, 6) is -0.378. The highest BCUT2D eigenvalue weighted by molar-refractivity contribution is 5.99. The molecule has 5 heteroatoms. The van der Waals surface area contributed by atoms with Crippen LogP contribution in [0.2, 0.25) is 0 Å². The molecular weight excluding hydrogens is 257 g/mol. The van der Waals surface area contributed by atoms with Crippen LogP contribution in [0.3, 0.4) is 0 Å². The Kier molecular flexibility index (Phi) is 4.32. The Balaban J connectivity index is 2.02. The molecule has 0 radical (unpaired) electrons. The average molecular weight is 273 g/mol. The second-order valence-corrected chi connectivity index (χ2v) is 4.46. The fourth-order valence-corrected chi connectivity index (χ4v) is 1.74. The van der Waals surface area contributed by atoms with Crippen molar-refractivity contribution >= 4 is 17.4 Å². The van der Waals surface area contributed by atoms with Gasteiger partial charge in [-0.3, -0.25) is 0 Å². The fourth-order valence-electron chi connectivity index (χ4n) is 1.74. The summed E-state index contributed by atoms with van der Waals surface area (Å²) in [5.41, 5.74) is 8.08. The number of hydrogen-bond acceptors (Lipinski definition) is 2. The minimum atomic E-state index is -0.386. The van der Waals surface area contributed by atoms with Gasteiger partial charge in [-0.2, -0.15) is 0 Å². The maximum Gasteiger partial charge on any atom is 0.323 e. The van der Waals surface area contributed by atoms with E-state index in [2.05, 4.69) is 10.6 Å². The molecule has 0 aliphatic rings. The lowest BCUT2D eigenvalue weighted by Crippen LogP contribution is -2.19. The van der Waals surface area contributed by atoms with E-state index in [0.717, 1.165) is 5.56 Å². The Hall–Kier alpha value is -2.40. The Labute approximate surface area is 116 Å². The van der Waals surface area contributed by atoms with Gasteiger partial charge in [0.2, 0.25) is 0 Å². The molecule has 0 aromatic heterocycles. The number of halogens is 1. The van der Waals surface area contributed by atoms with Crippen LogP contribution in [0.25, 0.3) is 0 Å². The van der Waals surface area contributed by atoms with Gasteiger partial charge in [-0.15, -0.1) is 0 Å². The molecule has 2 rings (SSSR count). The molecule has 2 aromatic carbocycles. The summed E-state index contributed by atoms with van der Waals surface area (Å²) >= 11 is 0. The van der Waals surface area contributed by atoms with Crippen molar-refractivity contribution in [1.82, 2.24) is 0 Å². The molecule has 0 saturated carbocycles. The molecule has 2 aromatic rings. The van der Waals surface area contributed by atoms with E-state index in [1.807, 2.05) is 31.2 Å². The second-order valence-electron chi connectivity index (χ2n) is 4.46. The van der Waals surface area contributed by atoms with Crippen molar-refractivity contribution < 1.29 is 9.18 Å². The van der Waals surface area contributed by atoms with Crippen molar-refractivity contribution in [3.63, 3.8) is 0 Å². The van der Waals surface area contributed by atoms with Gasteiger partial charge in [0.15, 0.2) is 0 Å². The molecule has 2 amide bonds. The molecular formula is C15H16FN3O. The van der Waals surface area contributed by atoms with Gasteiger partial charge in [0.05, 0.1) is 0 Å². The van der Waals surface area contributed by atoms with Crippen molar-refractivity contribution in [2.75, 3.05) is 10.6 Å². The first-order valence-corrected chi connectivity index (χ1v) is 6.21. The maximum atomic E-state index is 13.3. The van der Waals surface area contributed by atoms with Crippen molar-refractivity contribution in [2.45, 2.75) is 13.5 Å². The van der Waals surface area contributed by atoms with Crippen LogP contribution in [-0.4, -0.2) is 6.03 Å². The number of rotatable bonds is 3. The normalized spacial score (nSPS) is 10.2. The highest BCUT2D eigenvalue weighted by Gasteiger charge is 2.05. The first kappa shape index (κ1) is 14.0. The van der Waals surface area contributed by atoms with Gasteiger partial charge in [-0.05, 0) is 37.3 Å². The monoisotopic (exact) mass is 273 g/mol. The van der Waals surface area contributed by atoms with E-state index in [9.17, 15) is 9.18 Å². The number of anilines is 2. The van der Waals surface area contributed by atoms with E-state index in [1.54, 1.807) is 0 Å². The summed E-state index contributed by atoms with van der Waals surface area (Å²) in [6, 6.07) is 11.3. The molecule has 0 bridgehead atoms. The first-order valence-electron chi connectivity index (χ1n) is 6.21. The smallest absolute Gasteiger partial charge is 0.323 e. The topological polar surface area (TPSA) is 67.2 Å². The number of nitrogens with two attached hydrogens (primary N) is 1. The minimum absolute atomic E-state index is 0.0843. The Morgan fingerprint density at radius 1 is 1.10 bits per heavy atom. The van der Waals surface area contributed by atoms with Crippen molar-refractivity contribution in [3.05, 3.63) is 59.4 Å². The van der Waals surface area contributed by atoms with Gasteiger partial charge < -0.3 is 16.4 Å². The molecule has 0 heterocycles. The van der Waals surface area contributed by atoms with Crippen LogP contribution in [0, 0.1) is 12.7 Å². The Morgan fingerprint density at radius 2 is 1.70 bits per heavy atom. The van der Waals surface area contributed by atoms with Crippen LogP contribution in [0.5, 0.6) is 0 Å². The third-order valence-electron chi connectivity index (χ3n) is 2.83. The number of nitrogens with one attached hydrogen (secondary N) is 2. The third-order valence-corrected chi connectivity index (χ3v) is 2.83. The van der Waals surface area contributed by atoms with Crippen molar-refractivity contribution in [3.8, 4) is 0 Å². The number of benzene rings is 2. The fraction of sp³-hybridized carbons (Fsp3) is 0.133. The quantitative estimate of drug-likeness (QED) is 0.803. The molecule has 0 fully saturated rings. The largest absolute Gasteiger partial charge is 0.326 e. The zero-order valence-electron chi connectivity index (χ0n) is 11.1. The summed E-state index contributed by atoms with van der Waals surface area (Å²) in [5, 5.41) is 5.33. The number of amides is 2. The lowest BCUT2D eigenvalue weighted by atomic mass is 10.2. The van der Waals surface area contributed by atoms with Gasteiger partial charge >= 0.3 is 6.03 Å². The Morgan fingerprint density at radius 3 is 2.35 bits per heavy atom. The van der Waals surface area contributed by atoms with Crippen LogP contribution in [0.1, 0.15) is 11.1 Å². The van der Waals surface area contributed by atoms with Crippen molar-refractivity contribution in [2.24, 2.45) is 5.73 Å². The van der Waals surface area contributed by atoms with Gasteiger partial charge in [0.25, 0.3) is 0 Å². The van der Waals surface area contributed by atoms with Crippen LogP contribution in [0.15, 0.2) is 42.5 Å². The van der Waals surface area contributed by atoms with Gasteiger partial charge in [-0.25, -0.2) is 9.18 Å². The van der Waals surface area contributed by atoms with E-state index in [1.165, 1.54) is 18.2 Å². The van der Waals surface area contributed by atoms with Gasteiger partial charge in [0, 0.05) is 23.5 Å². The zero-order valence-corrected chi connectivity index (χ0v) is 11.1. The first-order chi connectivity index (χ1) is 9.58. The number of aryl methyl sites for hydroxylation is 1. The SMILES string of the molecule is Cc1ccc(NC(=O)Nc2ccc(F)c(CN)c2)cc1. The number of carbonyl (C=O) groups is 1. The molecule has 4 nitrogen and oxygen atoms in total. The van der Waals surface area contributed by atoms with Gasteiger partial charge in [-0.1, -0.05) is 17.7 Å². The summed E-state index contributed by atoms with van der Waals surface area (Å²) < 4.78 is 13.3. The maximum absolute atomic E-state index is 13.3. The predicted molar refractivity (Wildman–Crippen MR) is 78.1 cm³/mol. The lowest BCUT2D eigenvalue weighted by Gasteiger charge is -2.09. The predicted octanol–water partition coefficient (Wildman–Crippen LogP) is 3.24. The van der Waals surface area contributed by atoms with Crippen LogP contribution in [-0.2, 0) is 6.54 Å². The minimum Gasteiger partial charge on any atom is -0.326 e. The number of urea groups is 1. The van der Waals surface area contributed by atoms with Gasteiger partial charge in [0.1, 0.15) is 5.82 Å². The average Bonchev–Trinajstić information content (AvgIpc) is 2.43. The van der Waals surface area contributed by atoms with E-state index in [4.69, 9.17) is 5.73 Å². The molecule has 0 atom stereocenters. The van der Waals surface area contributed by atoms with E-state index < -0.39 is 0 Å². The van der Waals surface area contributed by atoms with E-state index in [0.29, 0.717) is 16.9 Å². The molecule has 0 spiro atoms. The molecule has 0 aliphatic carbocycles. The highest BCUT2D eigenvalue weighted by atomic mass is 19.1.